The van der Waals surface area contributed by atoms with Crippen molar-refractivity contribution in [3.63, 3.8) is 0 Å². The van der Waals surface area contributed by atoms with Gasteiger partial charge in [0.25, 0.3) is 0 Å². The van der Waals surface area contributed by atoms with E-state index in [0.717, 1.165) is 5.56 Å². The van der Waals surface area contributed by atoms with Gasteiger partial charge in [0.1, 0.15) is 17.3 Å². The Labute approximate surface area is 160 Å². The molecule has 2 rings (SSSR count). The summed E-state index contributed by atoms with van der Waals surface area (Å²) in [5.74, 6) is 0.142. The molecule has 0 saturated carbocycles. The van der Waals surface area contributed by atoms with Crippen LogP contribution in [0.1, 0.15) is 28.4 Å². The summed E-state index contributed by atoms with van der Waals surface area (Å²) < 4.78 is 30.2. The molecule has 1 N–H and O–H groups in total. The first kappa shape index (κ1) is 20.2. The number of hydrogen-bond acceptors (Lipinski definition) is 5. The van der Waals surface area contributed by atoms with E-state index in [9.17, 15) is 9.18 Å². The van der Waals surface area contributed by atoms with Crippen molar-refractivity contribution in [3.05, 3.63) is 57.3 Å². The van der Waals surface area contributed by atoms with Crippen molar-refractivity contribution in [3.8, 4) is 11.5 Å². The number of ether oxygens (including phenoxy) is 3. The van der Waals surface area contributed by atoms with Crippen molar-refractivity contribution < 1.29 is 23.4 Å². The number of nitrogens with one attached hydrogen (secondary N) is 1. The maximum atomic E-state index is 14.2. The molecule has 0 fully saturated rings. The Balaban J connectivity index is 2.06. The fourth-order valence-electron chi connectivity index (χ4n) is 2.42. The van der Waals surface area contributed by atoms with Gasteiger partial charge in [-0.15, -0.1) is 0 Å². The first-order valence-corrected chi connectivity index (χ1v) is 8.86. The van der Waals surface area contributed by atoms with E-state index in [1.165, 1.54) is 12.1 Å². The molecule has 0 amide bonds. The average Bonchev–Trinajstić information content (AvgIpc) is 2.64. The fourth-order valence-corrected chi connectivity index (χ4v) is 2.90. The highest BCUT2D eigenvalue weighted by Crippen LogP contribution is 2.25. The van der Waals surface area contributed by atoms with Gasteiger partial charge in [0.2, 0.25) is 0 Å². The first-order chi connectivity index (χ1) is 12.5. The molecule has 2 aromatic carbocycles. The average molecular weight is 426 g/mol. The quantitative estimate of drug-likeness (QED) is 0.645. The molecule has 0 aliphatic heterocycles. The molecule has 0 unspecified atom stereocenters. The van der Waals surface area contributed by atoms with Crippen molar-refractivity contribution in [2.75, 3.05) is 20.8 Å². The van der Waals surface area contributed by atoms with Crippen molar-refractivity contribution in [1.29, 1.82) is 0 Å². The maximum absolute atomic E-state index is 14.2. The molecule has 0 aliphatic carbocycles. The molecule has 0 atom stereocenters. The zero-order chi connectivity index (χ0) is 19.1. The van der Waals surface area contributed by atoms with E-state index < -0.39 is 11.8 Å². The number of esters is 1. The third kappa shape index (κ3) is 4.95. The molecule has 2 aromatic rings. The second-order valence-electron chi connectivity index (χ2n) is 5.43. The lowest BCUT2D eigenvalue weighted by Crippen LogP contribution is -2.15. The van der Waals surface area contributed by atoms with Gasteiger partial charge in [-0.05, 0) is 30.7 Å². The van der Waals surface area contributed by atoms with Gasteiger partial charge in [-0.25, -0.2) is 9.18 Å². The smallest absolute Gasteiger partial charge is 0.341 e. The summed E-state index contributed by atoms with van der Waals surface area (Å²) in [5, 5.41) is 3.24. The number of rotatable bonds is 8. The van der Waals surface area contributed by atoms with Crippen LogP contribution in [-0.4, -0.2) is 26.8 Å². The van der Waals surface area contributed by atoms with Crippen molar-refractivity contribution in [2.24, 2.45) is 0 Å². The second kappa shape index (κ2) is 9.54. The summed E-state index contributed by atoms with van der Waals surface area (Å²) in [6.45, 7) is 2.82. The number of hydrogen-bond donors (Lipinski definition) is 1. The lowest BCUT2D eigenvalue weighted by molar-refractivity contribution is 0.0521. The Morgan fingerprint density at radius 3 is 2.50 bits per heavy atom. The van der Waals surface area contributed by atoms with E-state index in [1.54, 1.807) is 27.2 Å². The molecule has 0 aliphatic rings. The van der Waals surface area contributed by atoms with E-state index in [-0.39, 0.29) is 12.2 Å². The predicted molar refractivity (Wildman–Crippen MR) is 100 cm³/mol. The Morgan fingerprint density at radius 1 is 1.12 bits per heavy atom. The number of halogens is 2. The van der Waals surface area contributed by atoms with Crippen LogP contribution in [-0.2, 0) is 17.8 Å². The number of carbonyl (C=O) groups is 1. The minimum atomic E-state index is -0.673. The highest BCUT2D eigenvalue weighted by atomic mass is 79.9. The molecule has 0 bridgehead atoms. The van der Waals surface area contributed by atoms with Crippen LogP contribution in [0.4, 0.5) is 4.39 Å². The molecular formula is C19H21BrFNO4. The van der Waals surface area contributed by atoms with E-state index in [0.29, 0.717) is 34.6 Å². The van der Waals surface area contributed by atoms with Crippen LogP contribution in [0.25, 0.3) is 0 Å². The molecular weight excluding hydrogens is 405 g/mol. The van der Waals surface area contributed by atoms with Crippen LogP contribution >= 0.6 is 15.9 Å². The van der Waals surface area contributed by atoms with Crippen LogP contribution in [0, 0.1) is 5.82 Å². The number of benzene rings is 2. The van der Waals surface area contributed by atoms with Crippen molar-refractivity contribution >= 4 is 21.9 Å². The van der Waals surface area contributed by atoms with Crippen LogP contribution in [0.3, 0.4) is 0 Å². The summed E-state index contributed by atoms with van der Waals surface area (Å²) in [6.07, 6.45) is 0. The van der Waals surface area contributed by atoms with Gasteiger partial charge in [0.05, 0.1) is 26.4 Å². The van der Waals surface area contributed by atoms with Crippen molar-refractivity contribution in [2.45, 2.75) is 20.0 Å². The third-order valence-corrected chi connectivity index (χ3v) is 4.49. The minimum Gasteiger partial charge on any atom is -0.497 e. The van der Waals surface area contributed by atoms with Crippen LogP contribution in [0.15, 0.2) is 34.8 Å². The summed E-state index contributed by atoms with van der Waals surface area (Å²) in [7, 11) is 3.19. The molecule has 140 valence electrons. The standard InChI is InChI=1S/C19H21BrFNO4/c1-4-26-19(23)15-9-16(20)13(7-17(15)21)11-22-10-12-5-6-14(24-2)8-18(12)25-3/h5-9,22H,4,10-11H2,1-3H3. The highest BCUT2D eigenvalue weighted by molar-refractivity contribution is 9.10. The van der Waals surface area contributed by atoms with Gasteiger partial charge in [-0.3, -0.25) is 0 Å². The van der Waals surface area contributed by atoms with E-state index in [4.69, 9.17) is 14.2 Å². The largest absolute Gasteiger partial charge is 0.497 e. The first-order valence-electron chi connectivity index (χ1n) is 8.06. The SMILES string of the molecule is CCOC(=O)c1cc(Br)c(CNCc2ccc(OC)cc2OC)cc1F. The fraction of sp³-hybridized carbons (Fsp3) is 0.316. The molecule has 0 radical (unpaired) electrons. The molecule has 26 heavy (non-hydrogen) atoms. The number of carbonyl (C=O) groups excluding carboxylic acids is 1. The Bertz CT molecular complexity index is 782. The van der Waals surface area contributed by atoms with Gasteiger partial charge in [-0.1, -0.05) is 22.0 Å². The molecule has 0 aromatic heterocycles. The molecule has 7 heteroatoms. The zero-order valence-electron chi connectivity index (χ0n) is 14.9. The normalized spacial score (nSPS) is 10.5. The van der Waals surface area contributed by atoms with E-state index >= 15 is 0 Å². The van der Waals surface area contributed by atoms with Gasteiger partial charge >= 0.3 is 5.97 Å². The maximum Gasteiger partial charge on any atom is 0.341 e. The predicted octanol–water partition coefficient (Wildman–Crippen LogP) is 4.07. The second-order valence-corrected chi connectivity index (χ2v) is 6.28. The summed E-state index contributed by atoms with van der Waals surface area (Å²) in [5.41, 5.74) is 1.57. The zero-order valence-corrected chi connectivity index (χ0v) is 16.5. The molecule has 0 heterocycles. The summed E-state index contributed by atoms with van der Waals surface area (Å²) in [4.78, 5) is 11.7. The van der Waals surface area contributed by atoms with E-state index in [1.807, 2.05) is 12.1 Å². The lowest BCUT2D eigenvalue weighted by Gasteiger charge is -2.13. The van der Waals surface area contributed by atoms with Crippen LogP contribution in [0.2, 0.25) is 0 Å². The third-order valence-electron chi connectivity index (χ3n) is 3.76. The van der Waals surface area contributed by atoms with Gasteiger partial charge < -0.3 is 19.5 Å². The monoisotopic (exact) mass is 425 g/mol. The van der Waals surface area contributed by atoms with Crippen LogP contribution < -0.4 is 14.8 Å². The van der Waals surface area contributed by atoms with Gasteiger partial charge in [0, 0.05) is 29.2 Å². The number of methoxy groups -OCH3 is 2. The Kier molecular flexibility index (Phi) is 7.41. The van der Waals surface area contributed by atoms with Gasteiger partial charge in [0.15, 0.2) is 0 Å². The summed E-state index contributed by atoms with van der Waals surface area (Å²) >= 11 is 3.38. The Morgan fingerprint density at radius 2 is 1.85 bits per heavy atom. The lowest BCUT2D eigenvalue weighted by atomic mass is 10.1. The summed E-state index contributed by atoms with van der Waals surface area (Å²) in [6, 6.07) is 8.33. The Hall–Kier alpha value is -2.12. The minimum absolute atomic E-state index is 0.0840. The van der Waals surface area contributed by atoms with Crippen molar-refractivity contribution in [1.82, 2.24) is 5.32 Å². The highest BCUT2D eigenvalue weighted by Gasteiger charge is 2.16. The van der Waals surface area contributed by atoms with Gasteiger partial charge in [-0.2, -0.15) is 0 Å². The topological polar surface area (TPSA) is 56.8 Å². The molecule has 0 spiro atoms. The van der Waals surface area contributed by atoms with E-state index in [2.05, 4.69) is 21.2 Å². The molecule has 0 saturated heterocycles. The van der Waals surface area contributed by atoms with Crippen LogP contribution in [0.5, 0.6) is 11.5 Å². The molecule has 5 nitrogen and oxygen atoms in total.